The number of rotatable bonds is 4. The Labute approximate surface area is 133 Å². The maximum Gasteiger partial charge on any atom is 0.282 e. The maximum atomic E-state index is 12.4. The van der Waals surface area contributed by atoms with Crippen molar-refractivity contribution in [3.05, 3.63) is 35.4 Å². The molecule has 0 aliphatic carbocycles. The number of nitrogens with one attached hydrogen (secondary N) is 1. The van der Waals surface area contributed by atoms with Crippen molar-refractivity contribution in [3.63, 3.8) is 0 Å². The topological polar surface area (TPSA) is 52.7 Å². The second-order valence-electron chi connectivity index (χ2n) is 5.22. The molecule has 1 heterocycles. The molecule has 1 aliphatic heterocycles. The van der Waals surface area contributed by atoms with E-state index in [4.69, 9.17) is 0 Å². The van der Waals surface area contributed by atoms with Crippen molar-refractivity contribution in [3.8, 4) is 0 Å². The fourth-order valence-corrected chi connectivity index (χ4v) is 3.69. The molecular weight excluding hydrogens is 310 g/mol. The highest BCUT2D eigenvalue weighted by molar-refractivity contribution is 7.86. The number of nitrogens with zero attached hydrogens (tertiary/aromatic N) is 2. The van der Waals surface area contributed by atoms with Gasteiger partial charge in [0.25, 0.3) is 10.2 Å². The van der Waals surface area contributed by atoms with Crippen LogP contribution in [0.25, 0.3) is 0 Å². The van der Waals surface area contributed by atoms with Crippen LogP contribution in [-0.4, -0.2) is 50.8 Å². The molecule has 1 aliphatic rings. The first-order chi connectivity index (χ1) is 9.46. The van der Waals surface area contributed by atoms with Crippen LogP contribution in [-0.2, 0) is 16.6 Å². The number of aryl methyl sites for hydroxylation is 1. The summed E-state index contributed by atoms with van der Waals surface area (Å²) in [7, 11) is -0.230. The van der Waals surface area contributed by atoms with Crippen LogP contribution in [0, 0.1) is 0 Å². The molecule has 1 aromatic rings. The van der Waals surface area contributed by atoms with E-state index in [0.717, 1.165) is 12.0 Å². The molecule has 0 aromatic heterocycles. The van der Waals surface area contributed by atoms with Gasteiger partial charge in [0.1, 0.15) is 0 Å². The highest BCUT2D eigenvalue weighted by Crippen LogP contribution is 2.26. The molecule has 0 spiro atoms. The van der Waals surface area contributed by atoms with Gasteiger partial charge in [-0.15, -0.1) is 12.4 Å². The Morgan fingerprint density at radius 1 is 1.29 bits per heavy atom. The van der Waals surface area contributed by atoms with E-state index >= 15 is 0 Å². The Kier molecular flexibility index (Phi) is 6.62. The van der Waals surface area contributed by atoms with Crippen LogP contribution in [0.1, 0.15) is 24.1 Å². The summed E-state index contributed by atoms with van der Waals surface area (Å²) >= 11 is 0. The van der Waals surface area contributed by atoms with Gasteiger partial charge in [0, 0.05) is 33.7 Å². The van der Waals surface area contributed by atoms with Gasteiger partial charge in [-0.1, -0.05) is 31.2 Å². The van der Waals surface area contributed by atoms with Crippen molar-refractivity contribution < 1.29 is 8.42 Å². The molecule has 1 aromatic carbocycles. The normalized spacial score (nSPS) is 20.3. The molecule has 0 bridgehead atoms. The summed E-state index contributed by atoms with van der Waals surface area (Å²) in [6.07, 6.45) is 0.989. The van der Waals surface area contributed by atoms with Crippen molar-refractivity contribution in [2.45, 2.75) is 19.4 Å². The molecule has 0 saturated carbocycles. The molecule has 21 heavy (non-hydrogen) atoms. The minimum atomic E-state index is -3.39. The first kappa shape index (κ1) is 18.4. The summed E-state index contributed by atoms with van der Waals surface area (Å²) < 4.78 is 27.7. The third-order valence-corrected chi connectivity index (χ3v) is 5.68. The third kappa shape index (κ3) is 3.96. The molecule has 2 rings (SSSR count). The largest absolute Gasteiger partial charge is 0.313 e. The van der Waals surface area contributed by atoms with Crippen LogP contribution in [0.2, 0.25) is 0 Å². The zero-order chi connectivity index (χ0) is 14.8. The fourth-order valence-electron chi connectivity index (χ4n) is 2.43. The minimum Gasteiger partial charge on any atom is -0.313 e. The molecule has 0 radical (unpaired) electrons. The highest BCUT2D eigenvalue weighted by atomic mass is 35.5. The lowest BCUT2D eigenvalue weighted by Crippen LogP contribution is -2.51. The third-order valence-electron chi connectivity index (χ3n) is 3.72. The second-order valence-corrected chi connectivity index (χ2v) is 7.31. The predicted molar refractivity (Wildman–Crippen MR) is 88.0 cm³/mol. The van der Waals surface area contributed by atoms with Gasteiger partial charge in [-0.3, -0.25) is 0 Å². The number of hydrogen-bond acceptors (Lipinski definition) is 3. The second kappa shape index (κ2) is 7.56. The molecule has 1 fully saturated rings. The summed E-state index contributed by atoms with van der Waals surface area (Å²) in [6.45, 7) is 3.95. The fraction of sp³-hybridized carbons (Fsp3) is 0.571. The van der Waals surface area contributed by atoms with Crippen molar-refractivity contribution in [1.29, 1.82) is 0 Å². The summed E-state index contributed by atoms with van der Waals surface area (Å²) in [5.74, 6) is 0. The standard InChI is InChI=1S/C14H23N3O2S.ClH/c1-4-12-5-7-13(8-6-12)14-11-15-9-10-17(14)20(18,19)16(2)3;/h5-8,14-15H,4,9-11H2,1-3H3;1H. The molecule has 1 atom stereocenters. The van der Waals surface area contributed by atoms with E-state index in [1.807, 2.05) is 12.1 Å². The number of hydrogen-bond donors (Lipinski definition) is 1. The number of halogens is 1. The molecule has 1 unspecified atom stereocenters. The molecule has 120 valence electrons. The van der Waals surface area contributed by atoms with Gasteiger partial charge in [-0.2, -0.15) is 17.0 Å². The minimum absolute atomic E-state index is 0. The lowest BCUT2D eigenvalue weighted by atomic mass is 10.0. The van der Waals surface area contributed by atoms with E-state index in [9.17, 15) is 8.42 Å². The van der Waals surface area contributed by atoms with E-state index in [1.165, 1.54) is 9.87 Å². The van der Waals surface area contributed by atoms with Gasteiger partial charge in [0.05, 0.1) is 6.04 Å². The van der Waals surface area contributed by atoms with Crippen LogP contribution in [0.5, 0.6) is 0 Å². The van der Waals surface area contributed by atoms with Crippen LogP contribution in [0.4, 0.5) is 0 Å². The van der Waals surface area contributed by atoms with Gasteiger partial charge in [0.2, 0.25) is 0 Å². The number of benzene rings is 1. The Hall–Kier alpha value is -0.660. The van der Waals surface area contributed by atoms with Crippen molar-refractivity contribution in [2.24, 2.45) is 0 Å². The van der Waals surface area contributed by atoms with Crippen molar-refractivity contribution >= 4 is 22.6 Å². The van der Waals surface area contributed by atoms with Crippen molar-refractivity contribution in [2.75, 3.05) is 33.7 Å². The summed E-state index contributed by atoms with van der Waals surface area (Å²) in [5.41, 5.74) is 2.30. The zero-order valence-corrected chi connectivity index (χ0v) is 14.4. The number of piperazine rings is 1. The van der Waals surface area contributed by atoms with Gasteiger partial charge < -0.3 is 5.32 Å². The molecular formula is C14H24ClN3O2S. The SMILES string of the molecule is CCc1ccc(C2CNCCN2S(=O)(=O)N(C)C)cc1.Cl. The average Bonchev–Trinajstić information content (AvgIpc) is 2.47. The van der Waals surface area contributed by atoms with Crippen LogP contribution >= 0.6 is 12.4 Å². The van der Waals surface area contributed by atoms with E-state index in [0.29, 0.717) is 19.6 Å². The van der Waals surface area contributed by atoms with Gasteiger partial charge in [0.15, 0.2) is 0 Å². The van der Waals surface area contributed by atoms with E-state index in [2.05, 4.69) is 24.4 Å². The lowest BCUT2D eigenvalue weighted by Gasteiger charge is -2.36. The smallest absolute Gasteiger partial charge is 0.282 e. The van der Waals surface area contributed by atoms with Crippen LogP contribution in [0.3, 0.4) is 0 Å². The van der Waals surface area contributed by atoms with E-state index < -0.39 is 10.2 Å². The van der Waals surface area contributed by atoms with Gasteiger partial charge in [-0.05, 0) is 17.5 Å². The Morgan fingerprint density at radius 3 is 2.43 bits per heavy atom. The zero-order valence-electron chi connectivity index (χ0n) is 12.7. The average molecular weight is 334 g/mol. The Balaban J connectivity index is 0.00000220. The van der Waals surface area contributed by atoms with Crippen molar-refractivity contribution in [1.82, 2.24) is 13.9 Å². The van der Waals surface area contributed by atoms with Crippen LogP contribution in [0.15, 0.2) is 24.3 Å². The summed E-state index contributed by atoms with van der Waals surface area (Å²) in [6, 6.07) is 8.08. The highest BCUT2D eigenvalue weighted by Gasteiger charge is 2.34. The van der Waals surface area contributed by atoms with Gasteiger partial charge >= 0.3 is 0 Å². The molecule has 5 nitrogen and oxygen atoms in total. The Morgan fingerprint density at radius 2 is 1.90 bits per heavy atom. The van der Waals surface area contributed by atoms with E-state index in [1.54, 1.807) is 18.4 Å². The first-order valence-electron chi connectivity index (χ1n) is 6.95. The Bertz CT molecular complexity index is 546. The lowest BCUT2D eigenvalue weighted by molar-refractivity contribution is 0.257. The maximum absolute atomic E-state index is 12.4. The molecule has 0 amide bonds. The monoisotopic (exact) mass is 333 g/mol. The summed E-state index contributed by atoms with van der Waals surface area (Å²) in [4.78, 5) is 0. The predicted octanol–water partition coefficient (Wildman–Crippen LogP) is 1.42. The van der Waals surface area contributed by atoms with Crippen LogP contribution < -0.4 is 5.32 Å². The first-order valence-corrected chi connectivity index (χ1v) is 8.35. The molecule has 1 N–H and O–H groups in total. The van der Waals surface area contributed by atoms with Gasteiger partial charge in [-0.25, -0.2) is 0 Å². The quantitative estimate of drug-likeness (QED) is 0.906. The van der Waals surface area contributed by atoms with E-state index in [-0.39, 0.29) is 18.4 Å². The molecule has 1 saturated heterocycles. The molecule has 7 heteroatoms. The summed E-state index contributed by atoms with van der Waals surface area (Å²) in [5, 5.41) is 3.28.